The summed E-state index contributed by atoms with van der Waals surface area (Å²) < 4.78 is 0.378. The van der Waals surface area contributed by atoms with E-state index >= 15 is 0 Å². The number of pyridine rings is 1. The van der Waals surface area contributed by atoms with Crippen molar-refractivity contribution >= 4 is 46.0 Å². The fourth-order valence-corrected chi connectivity index (χ4v) is 3.22. The van der Waals surface area contributed by atoms with Crippen LogP contribution in [0, 0.1) is 17.0 Å². The monoisotopic (exact) mass is 362 g/mol. The number of aryl methyl sites for hydroxylation is 1. The number of rotatable bonds is 6. The van der Waals surface area contributed by atoms with Crippen molar-refractivity contribution in [1.82, 2.24) is 9.97 Å². The summed E-state index contributed by atoms with van der Waals surface area (Å²) in [4.78, 5) is 21.2. The Morgan fingerprint density at radius 2 is 2.23 bits per heavy atom. The van der Waals surface area contributed by atoms with Crippen LogP contribution in [-0.4, -0.2) is 33.1 Å². The summed E-state index contributed by atoms with van der Waals surface area (Å²) in [6, 6.07) is 1.43. The largest absolute Gasteiger partial charge is 0.395 e. The molecule has 2 aromatic heterocycles. The van der Waals surface area contributed by atoms with Crippen LogP contribution in [0.1, 0.15) is 10.4 Å². The SMILES string of the molecule is Cc1cc(Cl)nc(N(CCO)Cc2cnc(Cl)s2)c1[N+](=O)[O-]. The van der Waals surface area contributed by atoms with E-state index < -0.39 is 4.92 Å². The van der Waals surface area contributed by atoms with E-state index in [1.165, 1.54) is 17.4 Å². The second kappa shape index (κ2) is 7.19. The highest BCUT2D eigenvalue weighted by Crippen LogP contribution is 2.33. The number of nitrogens with zero attached hydrogens (tertiary/aromatic N) is 4. The summed E-state index contributed by atoms with van der Waals surface area (Å²) in [7, 11) is 0. The van der Waals surface area contributed by atoms with E-state index in [1.54, 1.807) is 18.0 Å². The molecular formula is C12H12Cl2N4O3S. The summed E-state index contributed by atoms with van der Waals surface area (Å²) in [5.74, 6) is 0.119. The smallest absolute Gasteiger partial charge is 0.314 e. The third-order valence-electron chi connectivity index (χ3n) is 2.86. The van der Waals surface area contributed by atoms with Gasteiger partial charge in [-0.2, -0.15) is 0 Å². The molecule has 0 spiro atoms. The highest BCUT2D eigenvalue weighted by molar-refractivity contribution is 7.15. The Labute approximate surface area is 140 Å². The number of thiazole rings is 1. The topological polar surface area (TPSA) is 92.4 Å². The van der Waals surface area contributed by atoms with Gasteiger partial charge >= 0.3 is 5.69 Å². The summed E-state index contributed by atoms with van der Waals surface area (Å²) in [5.41, 5.74) is 0.277. The quantitative estimate of drug-likeness (QED) is 0.482. The van der Waals surface area contributed by atoms with Gasteiger partial charge in [-0.25, -0.2) is 9.97 Å². The van der Waals surface area contributed by atoms with Crippen LogP contribution in [0.15, 0.2) is 12.3 Å². The number of aliphatic hydroxyl groups excluding tert-OH is 1. The van der Waals surface area contributed by atoms with Gasteiger partial charge in [-0.3, -0.25) is 10.1 Å². The maximum absolute atomic E-state index is 11.3. The minimum Gasteiger partial charge on any atom is -0.395 e. The van der Waals surface area contributed by atoms with E-state index in [1.807, 2.05) is 0 Å². The van der Waals surface area contributed by atoms with Gasteiger partial charge in [-0.15, -0.1) is 11.3 Å². The first kappa shape index (κ1) is 16.9. The lowest BCUT2D eigenvalue weighted by Crippen LogP contribution is -2.27. The molecule has 2 heterocycles. The van der Waals surface area contributed by atoms with Gasteiger partial charge in [-0.1, -0.05) is 23.2 Å². The second-order valence-electron chi connectivity index (χ2n) is 4.42. The molecule has 2 aromatic rings. The molecule has 0 radical (unpaired) electrons. The molecule has 0 aliphatic carbocycles. The molecule has 0 saturated carbocycles. The van der Waals surface area contributed by atoms with Gasteiger partial charge in [0.15, 0.2) is 4.47 Å². The van der Waals surface area contributed by atoms with Gasteiger partial charge in [0.25, 0.3) is 0 Å². The molecule has 0 aliphatic heterocycles. The fraction of sp³-hybridized carbons (Fsp3) is 0.333. The van der Waals surface area contributed by atoms with Gasteiger partial charge in [0, 0.05) is 23.2 Å². The van der Waals surface area contributed by atoms with Crippen molar-refractivity contribution < 1.29 is 10.0 Å². The first-order valence-corrected chi connectivity index (χ1v) is 7.77. The Morgan fingerprint density at radius 1 is 1.50 bits per heavy atom. The minimum absolute atomic E-state index is 0.119. The van der Waals surface area contributed by atoms with E-state index in [-0.39, 0.29) is 29.8 Å². The molecule has 0 bridgehead atoms. The van der Waals surface area contributed by atoms with Crippen LogP contribution in [0.3, 0.4) is 0 Å². The van der Waals surface area contributed by atoms with E-state index in [0.717, 1.165) is 4.88 Å². The zero-order valence-electron chi connectivity index (χ0n) is 11.5. The summed E-state index contributed by atoms with van der Waals surface area (Å²) in [5, 5.41) is 20.7. The molecule has 0 atom stereocenters. The van der Waals surface area contributed by atoms with Gasteiger partial charge in [0.1, 0.15) is 5.15 Å². The van der Waals surface area contributed by atoms with Gasteiger partial charge < -0.3 is 10.0 Å². The van der Waals surface area contributed by atoms with E-state index in [0.29, 0.717) is 16.6 Å². The number of halogens is 2. The summed E-state index contributed by atoms with van der Waals surface area (Å²) in [6.45, 7) is 1.87. The molecule has 0 saturated heterocycles. The lowest BCUT2D eigenvalue weighted by Gasteiger charge is -2.22. The predicted molar refractivity (Wildman–Crippen MR) is 85.9 cm³/mol. The van der Waals surface area contributed by atoms with Crippen molar-refractivity contribution in [2.24, 2.45) is 0 Å². The first-order chi connectivity index (χ1) is 10.4. The number of hydrogen-bond donors (Lipinski definition) is 1. The van der Waals surface area contributed by atoms with Crippen LogP contribution < -0.4 is 4.90 Å². The zero-order chi connectivity index (χ0) is 16.3. The van der Waals surface area contributed by atoms with Crippen molar-refractivity contribution in [2.75, 3.05) is 18.1 Å². The van der Waals surface area contributed by atoms with Crippen molar-refractivity contribution in [3.05, 3.63) is 42.4 Å². The molecule has 22 heavy (non-hydrogen) atoms. The van der Waals surface area contributed by atoms with Crippen LogP contribution in [0.5, 0.6) is 0 Å². The minimum atomic E-state index is -0.502. The van der Waals surface area contributed by atoms with Crippen molar-refractivity contribution in [3.63, 3.8) is 0 Å². The highest BCUT2D eigenvalue weighted by Gasteiger charge is 2.25. The zero-order valence-corrected chi connectivity index (χ0v) is 13.8. The molecule has 0 aromatic carbocycles. The highest BCUT2D eigenvalue weighted by atomic mass is 35.5. The second-order valence-corrected chi connectivity index (χ2v) is 6.50. The Morgan fingerprint density at radius 3 is 2.77 bits per heavy atom. The molecule has 0 aliphatic rings. The normalized spacial score (nSPS) is 10.7. The molecule has 0 unspecified atom stereocenters. The Hall–Kier alpha value is -1.48. The van der Waals surface area contributed by atoms with Crippen LogP contribution in [-0.2, 0) is 6.54 Å². The lowest BCUT2D eigenvalue weighted by molar-refractivity contribution is -0.384. The molecule has 118 valence electrons. The van der Waals surface area contributed by atoms with Crippen LogP contribution in [0.25, 0.3) is 0 Å². The standard InChI is InChI=1S/C12H12Cl2N4O3S/c1-7-4-9(13)16-11(10(7)18(20)21)17(2-3-19)6-8-5-15-12(14)22-8/h4-5,19H,2-3,6H2,1H3. The Bertz CT molecular complexity index is 695. The van der Waals surface area contributed by atoms with Crippen molar-refractivity contribution in [3.8, 4) is 0 Å². The van der Waals surface area contributed by atoms with Gasteiger partial charge in [0.2, 0.25) is 5.82 Å². The van der Waals surface area contributed by atoms with E-state index in [9.17, 15) is 15.2 Å². The Balaban J connectivity index is 2.45. The van der Waals surface area contributed by atoms with E-state index in [2.05, 4.69) is 9.97 Å². The number of hydrogen-bond acceptors (Lipinski definition) is 7. The summed E-state index contributed by atoms with van der Waals surface area (Å²) >= 11 is 13.0. The number of aromatic nitrogens is 2. The molecule has 1 N–H and O–H groups in total. The molecular weight excluding hydrogens is 351 g/mol. The molecule has 2 rings (SSSR count). The maximum atomic E-state index is 11.3. The third-order valence-corrected chi connectivity index (χ3v) is 4.15. The molecule has 0 fully saturated rings. The fourth-order valence-electron chi connectivity index (χ4n) is 1.98. The van der Waals surface area contributed by atoms with Gasteiger partial charge in [-0.05, 0) is 13.0 Å². The molecule has 10 heteroatoms. The lowest BCUT2D eigenvalue weighted by atomic mass is 10.2. The third kappa shape index (κ3) is 3.83. The van der Waals surface area contributed by atoms with Crippen LogP contribution in [0.2, 0.25) is 9.62 Å². The first-order valence-electron chi connectivity index (χ1n) is 6.20. The number of aliphatic hydroxyl groups is 1. The average Bonchev–Trinajstić information content (AvgIpc) is 2.82. The Kier molecular flexibility index (Phi) is 5.52. The average molecular weight is 363 g/mol. The van der Waals surface area contributed by atoms with Gasteiger partial charge in [0.05, 0.1) is 18.1 Å². The van der Waals surface area contributed by atoms with Crippen molar-refractivity contribution in [2.45, 2.75) is 13.5 Å². The maximum Gasteiger partial charge on any atom is 0.314 e. The summed E-state index contributed by atoms with van der Waals surface area (Å²) in [6.07, 6.45) is 1.58. The van der Waals surface area contributed by atoms with E-state index in [4.69, 9.17) is 23.2 Å². The molecule has 7 nitrogen and oxygen atoms in total. The molecule has 0 amide bonds. The predicted octanol–water partition coefficient (Wildman–Crippen LogP) is 3.06. The van der Waals surface area contributed by atoms with Crippen LogP contribution in [0.4, 0.5) is 11.5 Å². The number of anilines is 1. The number of nitro groups is 1. The van der Waals surface area contributed by atoms with Crippen LogP contribution >= 0.6 is 34.5 Å². The van der Waals surface area contributed by atoms with Crippen molar-refractivity contribution in [1.29, 1.82) is 0 Å².